The second-order valence-corrected chi connectivity index (χ2v) is 8.67. The van der Waals surface area contributed by atoms with Crippen molar-refractivity contribution in [1.82, 2.24) is 29.5 Å². The Morgan fingerprint density at radius 3 is 2.78 bits per heavy atom. The number of imidazole rings is 1. The van der Waals surface area contributed by atoms with Crippen molar-refractivity contribution in [3.05, 3.63) is 48.1 Å². The summed E-state index contributed by atoms with van der Waals surface area (Å²) in [7, 11) is 2.17. The number of aromatic nitrogens is 5. The smallest absolute Gasteiger partial charge is 0.181 e. The van der Waals surface area contributed by atoms with Crippen LogP contribution in [-0.4, -0.2) is 75.9 Å². The van der Waals surface area contributed by atoms with Crippen LogP contribution in [0.25, 0.3) is 33.4 Å². The number of morpholine rings is 1. The third-order valence-corrected chi connectivity index (χ3v) is 6.55. The van der Waals surface area contributed by atoms with Gasteiger partial charge in [0, 0.05) is 43.3 Å². The Morgan fingerprint density at radius 1 is 1.09 bits per heavy atom. The first-order valence-electron chi connectivity index (χ1n) is 11.2. The lowest BCUT2D eigenvalue weighted by atomic mass is 10.0. The van der Waals surface area contributed by atoms with Gasteiger partial charge in [-0.05, 0) is 32.0 Å². The van der Waals surface area contributed by atoms with Crippen LogP contribution in [0.1, 0.15) is 17.8 Å². The van der Waals surface area contributed by atoms with Gasteiger partial charge in [-0.1, -0.05) is 18.2 Å². The summed E-state index contributed by atoms with van der Waals surface area (Å²) in [6, 6.07) is 6.21. The normalized spacial score (nSPS) is 17.9. The highest BCUT2D eigenvalue weighted by Gasteiger charge is 2.24. The first-order valence-corrected chi connectivity index (χ1v) is 11.2. The molecule has 1 N–H and O–H groups in total. The van der Waals surface area contributed by atoms with Gasteiger partial charge in [-0.3, -0.25) is 9.50 Å². The largest absolute Gasteiger partial charge is 0.378 e. The number of nitrogens with one attached hydrogen (secondary N) is 1. The summed E-state index contributed by atoms with van der Waals surface area (Å²) < 4.78 is 7.87. The van der Waals surface area contributed by atoms with Crippen LogP contribution in [0.15, 0.2) is 36.7 Å². The van der Waals surface area contributed by atoms with Crippen molar-refractivity contribution >= 4 is 27.9 Å². The number of rotatable bonds is 3. The lowest BCUT2D eigenvalue weighted by Crippen LogP contribution is -2.37. The standard InChI is InChI=1S/C24H27N7O/c1-16-22(17-6-8-29(2)9-7-17)31-15-21(18-4-3-5-20-19(18)14-25-28-20)27-23(24(31)26-16)30-10-12-32-13-11-30/h3-6,14-15H,7-13H2,1-2H3,(H,25,28). The Kier molecular flexibility index (Phi) is 4.69. The van der Waals surface area contributed by atoms with Crippen LogP contribution in [0.3, 0.4) is 0 Å². The molecule has 0 aliphatic carbocycles. The summed E-state index contributed by atoms with van der Waals surface area (Å²) in [5, 5.41) is 8.40. The molecule has 0 saturated carbocycles. The number of aryl methyl sites for hydroxylation is 1. The van der Waals surface area contributed by atoms with Crippen LogP contribution >= 0.6 is 0 Å². The highest BCUT2D eigenvalue weighted by molar-refractivity contribution is 5.93. The molecule has 3 aromatic heterocycles. The molecule has 0 amide bonds. The second-order valence-electron chi connectivity index (χ2n) is 8.67. The maximum Gasteiger partial charge on any atom is 0.181 e. The zero-order chi connectivity index (χ0) is 21.7. The van der Waals surface area contributed by atoms with Crippen molar-refractivity contribution in [2.45, 2.75) is 13.3 Å². The van der Waals surface area contributed by atoms with E-state index < -0.39 is 0 Å². The average molecular weight is 430 g/mol. The monoisotopic (exact) mass is 429 g/mol. The van der Waals surface area contributed by atoms with Crippen LogP contribution in [0.5, 0.6) is 0 Å². The van der Waals surface area contributed by atoms with Crippen molar-refractivity contribution in [1.29, 1.82) is 0 Å². The Hall–Kier alpha value is -3.23. The number of anilines is 1. The van der Waals surface area contributed by atoms with Crippen molar-refractivity contribution in [2.24, 2.45) is 0 Å². The van der Waals surface area contributed by atoms with E-state index in [0.29, 0.717) is 13.2 Å². The molecule has 1 aromatic carbocycles. The highest BCUT2D eigenvalue weighted by Crippen LogP contribution is 2.33. The number of nitrogens with zero attached hydrogens (tertiary/aromatic N) is 6. The van der Waals surface area contributed by atoms with E-state index >= 15 is 0 Å². The third-order valence-electron chi connectivity index (χ3n) is 6.55. The topological polar surface area (TPSA) is 74.6 Å². The summed E-state index contributed by atoms with van der Waals surface area (Å²) >= 11 is 0. The van der Waals surface area contributed by atoms with Gasteiger partial charge in [0.1, 0.15) is 0 Å². The van der Waals surface area contributed by atoms with Crippen molar-refractivity contribution in [3.63, 3.8) is 0 Å². The van der Waals surface area contributed by atoms with Crippen LogP contribution in [0.2, 0.25) is 0 Å². The summed E-state index contributed by atoms with van der Waals surface area (Å²) in [4.78, 5) is 14.8. The zero-order valence-corrected chi connectivity index (χ0v) is 18.5. The minimum Gasteiger partial charge on any atom is -0.378 e. The first kappa shape index (κ1) is 19.5. The fourth-order valence-corrected chi connectivity index (χ4v) is 4.83. The summed E-state index contributed by atoms with van der Waals surface area (Å²) in [6.07, 6.45) is 7.39. The average Bonchev–Trinajstić information content (AvgIpc) is 3.43. The van der Waals surface area contributed by atoms with E-state index in [-0.39, 0.29) is 0 Å². The van der Waals surface area contributed by atoms with E-state index in [0.717, 1.165) is 71.9 Å². The van der Waals surface area contributed by atoms with E-state index in [2.05, 4.69) is 62.8 Å². The minimum atomic E-state index is 0.708. The molecule has 8 nitrogen and oxygen atoms in total. The lowest BCUT2D eigenvalue weighted by Gasteiger charge is -2.28. The summed E-state index contributed by atoms with van der Waals surface area (Å²) in [6.45, 7) is 7.18. The van der Waals surface area contributed by atoms with Crippen molar-refractivity contribution in [2.75, 3.05) is 51.3 Å². The Bertz CT molecular complexity index is 1330. The number of benzene rings is 1. The predicted octanol–water partition coefficient (Wildman–Crippen LogP) is 3.14. The number of fused-ring (bicyclic) bond motifs is 2. The molecule has 6 rings (SSSR count). The fraction of sp³-hybridized carbons (Fsp3) is 0.375. The van der Waals surface area contributed by atoms with Crippen molar-refractivity contribution < 1.29 is 4.74 Å². The predicted molar refractivity (Wildman–Crippen MR) is 126 cm³/mol. The number of aromatic amines is 1. The lowest BCUT2D eigenvalue weighted by molar-refractivity contribution is 0.122. The van der Waals surface area contributed by atoms with Crippen molar-refractivity contribution in [3.8, 4) is 11.3 Å². The minimum absolute atomic E-state index is 0.708. The molecule has 2 aliphatic heterocycles. The number of H-pyrrole nitrogens is 1. The van der Waals surface area contributed by atoms with Gasteiger partial charge >= 0.3 is 0 Å². The number of hydrogen-bond acceptors (Lipinski definition) is 6. The quantitative estimate of drug-likeness (QED) is 0.539. The van der Waals surface area contributed by atoms with Crippen LogP contribution in [-0.2, 0) is 4.74 Å². The van der Waals surface area contributed by atoms with Gasteiger partial charge in [0.15, 0.2) is 11.5 Å². The molecular formula is C24H27N7O. The molecule has 0 radical (unpaired) electrons. The molecule has 32 heavy (non-hydrogen) atoms. The Morgan fingerprint density at radius 2 is 1.97 bits per heavy atom. The van der Waals surface area contributed by atoms with Crippen LogP contribution in [0, 0.1) is 6.92 Å². The summed E-state index contributed by atoms with van der Waals surface area (Å²) in [5.41, 5.74) is 7.54. The third kappa shape index (κ3) is 3.18. The molecule has 0 atom stereocenters. The van der Waals surface area contributed by atoms with Gasteiger partial charge < -0.3 is 14.5 Å². The molecule has 0 unspecified atom stereocenters. The van der Waals surface area contributed by atoms with E-state index in [1.165, 1.54) is 11.3 Å². The molecule has 0 bridgehead atoms. The van der Waals surface area contributed by atoms with Gasteiger partial charge in [0.2, 0.25) is 0 Å². The van der Waals surface area contributed by atoms with Gasteiger partial charge in [0.05, 0.1) is 42.0 Å². The molecule has 5 heterocycles. The van der Waals surface area contributed by atoms with E-state index in [4.69, 9.17) is 14.7 Å². The van der Waals surface area contributed by atoms with Gasteiger partial charge in [-0.15, -0.1) is 0 Å². The van der Waals surface area contributed by atoms with Crippen LogP contribution in [0.4, 0.5) is 5.82 Å². The molecule has 164 valence electrons. The van der Waals surface area contributed by atoms with Gasteiger partial charge in [0.25, 0.3) is 0 Å². The maximum absolute atomic E-state index is 5.61. The summed E-state index contributed by atoms with van der Waals surface area (Å²) in [5.74, 6) is 0.925. The molecule has 0 spiro atoms. The van der Waals surface area contributed by atoms with Gasteiger partial charge in [-0.25, -0.2) is 9.97 Å². The van der Waals surface area contributed by atoms with E-state index in [1.807, 2.05) is 12.3 Å². The molecule has 8 heteroatoms. The molecule has 2 aliphatic rings. The molecule has 1 fully saturated rings. The zero-order valence-electron chi connectivity index (χ0n) is 18.5. The first-order chi connectivity index (χ1) is 15.7. The molecular weight excluding hydrogens is 402 g/mol. The van der Waals surface area contributed by atoms with Crippen LogP contribution < -0.4 is 4.90 Å². The SMILES string of the molecule is Cc1nc2c(N3CCOCC3)nc(-c3cccc4[nH]ncc34)cn2c1C1=CCN(C)CC1. The number of hydrogen-bond donors (Lipinski definition) is 1. The Labute approximate surface area is 186 Å². The maximum atomic E-state index is 5.61. The fourth-order valence-electron chi connectivity index (χ4n) is 4.83. The number of likely N-dealkylation sites (N-methyl/N-ethyl adjacent to an activating group) is 1. The van der Waals surface area contributed by atoms with Gasteiger partial charge in [-0.2, -0.15) is 5.10 Å². The molecule has 4 aromatic rings. The number of ether oxygens (including phenoxy) is 1. The second kappa shape index (κ2) is 7.72. The Balaban J connectivity index is 1.60. The highest BCUT2D eigenvalue weighted by atomic mass is 16.5. The van der Waals surface area contributed by atoms with E-state index in [9.17, 15) is 0 Å². The van der Waals surface area contributed by atoms with E-state index in [1.54, 1.807) is 0 Å². The molecule has 1 saturated heterocycles.